The van der Waals surface area contributed by atoms with E-state index in [1.54, 1.807) is 42.6 Å². The smallest absolute Gasteiger partial charge is 0.140 e. The highest BCUT2D eigenvalue weighted by Gasteiger charge is 2.01. The van der Waals surface area contributed by atoms with Crippen molar-refractivity contribution in [3.8, 4) is 12.1 Å². The molecular formula is C13H7Cl2N3. The molecule has 18 heavy (non-hydrogen) atoms. The molecule has 2 aromatic rings. The second-order valence-corrected chi connectivity index (χ2v) is 3.85. The first-order chi connectivity index (χ1) is 8.69. The summed E-state index contributed by atoms with van der Waals surface area (Å²) < 4.78 is 0. The number of pyridine rings is 1. The Morgan fingerprint density at radius 1 is 0.889 bits per heavy atom. The Morgan fingerprint density at radius 2 is 1.56 bits per heavy atom. The molecule has 1 aromatic heterocycles. The molecule has 0 atom stereocenters. The molecule has 3 nitrogen and oxygen atoms in total. The molecule has 0 aliphatic rings. The number of nitrogens with zero attached hydrogens (tertiary/aromatic N) is 3. The van der Waals surface area contributed by atoms with Crippen LogP contribution >= 0.6 is 23.2 Å². The van der Waals surface area contributed by atoms with Crippen molar-refractivity contribution in [3.63, 3.8) is 0 Å². The molecule has 0 saturated carbocycles. The number of rotatable bonds is 0. The van der Waals surface area contributed by atoms with Crippen LogP contribution in [0.5, 0.6) is 0 Å². The van der Waals surface area contributed by atoms with Gasteiger partial charge in [0, 0.05) is 6.20 Å². The standard InChI is InChI=1S/C7H3Cl2N.C6H4N2/c8-6-2-1-3-7(9)5(6)4-10;7-5-6-3-1-2-4-8-6/h1-3H;1-4H. The van der Waals surface area contributed by atoms with E-state index in [9.17, 15) is 0 Å². The maximum absolute atomic E-state index is 8.48. The molecular weight excluding hydrogens is 269 g/mol. The fourth-order valence-electron chi connectivity index (χ4n) is 1.03. The van der Waals surface area contributed by atoms with Gasteiger partial charge in [-0.2, -0.15) is 10.5 Å². The molecule has 0 bridgehead atoms. The van der Waals surface area contributed by atoms with Gasteiger partial charge in [0.2, 0.25) is 0 Å². The molecule has 0 fully saturated rings. The van der Waals surface area contributed by atoms with Crippen LogP contribution < -0.4 is 0 Å². The quantitative estimate of drug-likeness (QED) is 0.734. The molecule has 0 spiro atoms. The van der Waals surface area contributed by atoms with Gasteiger partial charge in [-0.25, -0.2) is 4.98 Å². The van der Waals surface area contributed by atoms with Crippen LogP contribution in [0.3, 0.4) is 0 Å². The topological polar surface area (TPSA) is 60.5 Å². The van der Waals surface area contributed by atoms with Crippen LogP contribution in [0.4, 0.5) is 0 Å². The van der Waals surface area contributed by atoms with E-state index in [0.29, 0.717) is 21.3 Å². The van der Waals surface area contributed by atoms with E-state index in [-0.39, 0.29) is 0 Å². The lowest BCUT2D eigenvalue weighted by molar-refractivity contribution is 1.26. The minimum Gasteiger partial charge on any atom is -0.246 e. The van der Waals surface area contributed by atoms with Gasteiger partial charge in [-0.3, -0.25) is 0 Å². The average Bonchev–Trinajstić information content (AvgIpc) is 2.41. The first-order valence-corrected chi connectivity index (χ1v) is 5.60. The maximum atomic E-state index is 8.48. The molecule has 88 valence electrons. The number of halogens is 2. The summed E-state index contributed by atoms with van der Waals surface area (Å²) in [6.07, 6.45) is 1.60. The fraction of sp³-hybridized carbons (Fsp3) is 0. The monoisotopic (exact) mass is 275 g/mol. The van der Waals surface area contributed by atoms with Crippen molar-refractivity contribution < 1.29 is 0 Å². The second kappa shape index (κ2) is 7.29. The van der Waals surface area contributed by atoms with Gasteiger partial charge in [0.15, 0.2) is 0 Å². The van der Waals surface area contributed by atoms with Gasteiger partial charge in [0.25, 0.3) is 0 Å². The SMILES string of the molecule is N#Cc1c(Cl)cccc1Cl.N#Cc1ccccn1. The van der Waals surface area contributed by atoms with E-state index in [2.05, 4.69) is 4.98 Å². The summed E-state index contributed by atoms with van der Waals surface area (Å²) >= 11 is 11.2. The number of hydrogen-bond acceptors (Lipinski definition) is 3. The van der Waals surface area contributed by atoms with Gasteiger partial charge in [-0.15, -0.1) is 0 Å². The predicted molar refractivity (Wildman–Crippen MR) is 70.1 cm³/mol. The van der Waals surface area contributed by atoms with Crippen molar-refractivity contribution in [2.75, 3.05) is 0 Å². The summed E-state index contributed by atoms with van der Waals surface area (Å²) in [7, 11) is 0. The summed E-state index contributed by atoms with van der Waals surface area (Å²) in [4.78, 5) is 3.74. The van der Waals surface area contributed by atoms with Crippen LogP contribution in [-0.4, -0.2) is 4.98 Å². The minimum atomic E-state index is 0.339. The van der Waals surface area contributed by atoms with Crippen molar-refractivity contribution >= 4 is 23.2 Å². The van der Waals surface area contributed by atoms with Crippen LogP contribution in [0.25, 0.3) is 0 Å². The fourth-order valence-corrected chi connectivity index (χ4v) is 1.52. The number of nitriles is 2. The van der Waals surface area contributed by atoms with Crippen molar-refractivity contribution in [2.45, 2.75) is 0 Å². The molecule has 5 heteroatoms. The molecule has 0 unspecified atom stereocenters. The summed E-state index contributed by atoms with van der Waals surface area (Å²) in [6, 6.07) is 14.0. The van der Waals surface area contributed by atoms with Gasteiger partial charge >= 0.3 is 0 Å². The van der Waals surface area contributed by atoms with Gasteiger partial charge in [-0.05, 0) is 24.3 Å². The Bertz CT molecular complexity index is 578. The summed E-state index contributed by atoms with van der Waals surface area (Å²) in [6.45, 7) is 0. The Morgan fingerprint density at radius 3 is 1.89 bits per heavy atom. The molecule has 0 aliphatic carbocycles. The first kappa shape index (κ1) is 14.0. The molecule has 0 radical (unpaired) electrons. The molecule has 2 rings (SSSR count). The van der Waals surface area contributed by atoms with E-state index in [1.165, 1.54) is 0 Å². The van der Waals surface area contributed by atoms with Crippen molar-refractivity contribution in [1.29, 1.82) is 10.5 Å². The van der Waals surface area contributed by atoms with Gasteiger partial charge in [0.05, 0.1) is 15.6 Å². The largest absolute Gasteiger partial charge is 0.246 e. The van der Waals surface area contributed by atoms with Crippen LogP contribution in [0.2, 0.25) is 10.0 Å². The van der Waals surface area contributed by atoms with Crippen LogP contribution in [0, 0.1) is 22.7 Å². The zero-order valence-corrected chi connectivity index (χ0v) is 10.7. The van der Waals surface area contributed by atoms with E-state index >= 15 is 0 Å². The van der Waals surface area contributed by atoms with Gasteiger partial charge in [0.1, 0.15) is 17.8 Å². The second-order valence-electron chi connectivity index (χ2n) is 3.04. The van der Waals surface area contributed by atoms with E-state index < -0.39 is 0 Å². The summed E-state index contributed by atoms with van der Waals surface area (Å²) in [5.41, 5.74) is 0.804. The lowest BCUT2D eigenvalue weighted by Gasteiger charge is -1.94. The summed E-state index contributed by atoms with van der Waals surface area (Å²) in [5, 5.41) is 17.5. The summed E-state index contributed by atoms with van der Waals surface area (Å²) in [5.74, 6) is 0. The third kappa shape index (κ3) is 4.07. The average molecular weight is 276 g/mol. The predicted octanol–water partition coefficient (Wildman–Crippen LogP) is 3.82. The molecule has 1 heterocycles. The highest BCUT2D eigenvalue weighted by atomic mass is 35.5. The Kier molecular flexibility index (Phi) is 5.67. The van der Waals surface area contributed by atoms with Crippen LogP contribution in [0.15, 0.2) is 42.6 Å². The third-order valence-electron chi connectivity index (χ3n) is 1.85. The minimum absolute atomic E-state index is 0.339. The van der Waals surface area contributed by atoms with Gasteiger partial charge in [-0.1, -0.05) is 35.3 Å². The zero-order valence-electron chi connectivity index (χ0n) is 9.14. The number of benzene rings is 1. The maximum Gasteiger partial charge on any atom is 0.140 e. The van der Waals surface area contributed by atoms with Crippen LogP contribution in [0.1, 0.15) is 11.3 Å². The van der Waals surface area contributed by atoms with E-state index in [0.717, 1.165) is 0 Å². The van der Waals surface area contributed by atoms with Crippen molar-refractivity contribution in [3.05, 3.63) is 63.9 Å². The normalized spacial score (nSPS) is 8.44. The Balaban J connectivity index is 0.000000184. The third-order valence-corrected chi connectivity index (χ3v) is 2.48. The van der Waals surface area contributed by atoms with Crippen molar-refractivity contribution in [1.82, 2.24) is 4.98 Å². The molecule has 1 aromatic carbocycles. The van der Waals surface area contributed by atoms with Crippen molar-refractivity contribution in [2.24, 2.45) is 0 Å². The highest BCUT2D eigenvalue weighted by Crippen LogP contribution is 2.22. The first-order valence-electron chi connectivity index (χ1n) is 4.84. The zero-order chi connectivity index (χ0) is 13.4. The lowest BCUT2D eigenvalue weighted by atomic mass is 10.2. The highest BCUT2D eigenvalue weighted by molar-refractivity contribution is 6.36. The number of aromatic nitrogens is 1. The van der Waals surface area contributed by atoms with E-state index in [1.807, 2.05) is 12.1 Å². The van der Waals surface area contributed by atoms with Crippen LogP contribution in [-0.2, 0) is 0 Å². The van der Waals surface area contributed by atoms with E-state index in [4.69, 9.17) is 33.7 Å². The molecule has 0 amide bonds. The Hall–Kier alpha value is -2.07. The molecule has 0 N–H and O–H groups in total. The van der Waals surface area contributed by atoms with Gasteiger partial charge < -0.3 is 0 Å². The lowest BCUT2D eigenvalue weighted by Crippen LogP contribution is -1.76. The Labute approximate surface area is 115 Å². The number of hydrogen-bond donors (Lipinski definition) is 0. The molecule has 0 saturated heterocycles. The molecule has 0 aliphatic heterocycles.